The molecular weight excluding hydrogens is 270 g/mol. The molecule has 1 aliphatic heterocycles. The SMILES string of the molecule is CCC(OS(C)(=O)=O)N1C(=O)c2ccccc2C1=O. The molecular formula is C12H13NO5S. The third-order valence-electron chi connectivity index (χ3n) is 2.75. The van der Waals surface area contributed by atoms with Crippen molar-refractivity contribution < 1.29 is 22.2 Å². The predicted molar refractivity (Wildman–Crippen MR) is 66.9 cm³/mol. The summed E-state index contributed by atoms with van der Waals surface area (Å²) >= 11 is 0. The van der Waals surface area contributed by atoms with Gasteiger partial charge in [0.1, 0.15) is 0 Å². The Morgan fingerprint density at radius 2 is 1.63 bits per heavy atom. The maximum atomic E-state index is 12.1. The quantitative estimate of drug-likeness (QED) is 0.608. The first kappa shape index (κ1) is 13.7. The third kappa shape index (κ3) is 2.52. The van der Waals surface area contributed by atoms with Crippen molar-refractivity contribution in [3.63, 3.8) is 0 Å². The third-order valence-corrected chi connectivity index (χ3v) is 3.32. The number of amides is 2. The first-order valence-electron chi connectivity index (χ1n) is 5.70. The van der Waals surface area contributed by atoms with E-state index >= 15 is 0 Å². The van der Waals surface area contributed by atoms with E-state index in [1.807, 2.05) is 0 Å². The van der Waals surface area contributed by atoms with Gasteiger partial charge in [-0.25, -0.2) is 9.08 Å². The second kappa shape index (κ2) is 4.75. The van der Waals surface area contributed by atoms with E-state index in [0.29, 0.717) is 0 Å². The lowest BCUT2D eigenvalue weighted by Crippen LogP contribution is -2.42. The molecule has 0 N–H and O–H groups in total. The molecule has 1 aromatic rings. The van der Waals surface area contributed by atoms with Crippen molar-refractivity contribution in [2.75, 3.05) is 6.26 Å². The molecule has 6 nitrogen and oxygen atoms in total. The van der Waals surface area contributed by atoms with Gasteiger partial charge in [0, 0.05) is 0 Å². The molecule has 0 aromatic heterocycles. The monoisotopic (exact) mass is 283 g/mol. The van der Waals surface area contributed by atoms with Crippen LogP contribution in [0.5, 0.6) is 0 Å². The van der Waals surface area contributed by atoms with Gasteiger partial charge >= 0.3 is 0 Å². The average molecular weight is 283 g/mol. The second-order valence-corrected chi connectivity index (χ2v) is 5.79. The van der Waals surface area contributed by atoms with E-state index in [9.17, 15) is 18.0 Å². The fourth-order valence-corrected chi connectivity index (χ4v) is 2.59. The number of fused-ring (bicyclic) bond motifs is 1. The van der Waals surface area contributed by atoms with Crippen LogP contribution >= 0.6 is 0 Å². The van der Waals surface area contributed by atoms with Crippen LogP contribution in [-0.4, -0.2) is 37.6 Å². The molecule has 1 aliphatic rings. The van der Waals surface area contributed by atoms with Crippen molar-refractivity contribution in [3.8, 4) is 0 Å². The molecule has 1 unspecified atom stereocenters. The van der Waals surface area contributed by atoms with Crippen molar-refractivity contribution in [1.82, 2.24) is 4.90 Å². The zero-order valence-corrected chi connectivity index (χ0v) is 11.3. The van der Waals surface area contributed by atoms with E-state index in [4.69, 9.17) is 4.18 Å². The zero-order valence-electron chi connectivity index (χ0n) is 10.5. The Labute approximate surface area is 111 Å². The van der Waals surface area contributed by atoms with E-state index in [-0.39, 0.29) is 17.5 Å². The molecule has 1 aromatic carbocycles. The van der Waals surface area contributed by atoms with Gasteiger partial charge in [-0.3, -0.25) is 9.59 Å². The van der Waals surface area contributed by atoms with Gasteiger partial charge in [0.05, 0.1) is 17.4 Å². The number of carbonyl (C=O) groups excluding carboxylic acids is 2. The lowest BCUT2D eigenvalue weighted by atomic mass is 10.1. The molecule has 19 heavy (non-hydrogen) atoms. The molecule has 102 valence electrons. The molecule has 2 amide bonds. The summed E-state index contributed by atoms with van der Waals surface area (Å²) in [5.41, 5.74) is 0.533. The lowest BCUT2D eigenvalue weighted by Gasteiger charge is -2.23. The van der Waals surface area contributed by atoms with Crippen LogP contribution < -0.4 is 0 Å². The first-order chi connectivity index (χ1) is 8.85. The zero-order chi connectivity index (χ0) is 14.2. The van der Waals surface area contributed by atoms with E-state index in [2.05, 4.69) is 0 Å². The fraction of sp³-hybridized carbons (Fsp3) is 0.333. The Morgan fingerprint density at radius 3 is 2.00 bits per heavy atom. The Kier molecular flexibility index (Phi) is 3.42. The molecule has 0 aliphatic carbocycles. The number of rotatable bonds is 4. The number of imide groups is 1. The summed E-state index contributed by atoms with van der Waals surface area (Å²) in [5.74, 6) is -1.06. The highest BCUT2D eigenvalue weighted by molar-refractivity contribution is 7.86. The highest BCUT2D eigenvalue weighted by Gasteiger charge is 2.40. The van der Waals surface area contributed by atoms with E-state index < -0.39 is 28.2 Å². The minimum atomic E-state index is -3.75. The maximum Gasteiger partial charge on any atom is 0.266 e. The van der Waals surface area contributed by atoms with E-state index in [1.165, 1.54) is 12.1 Å². The number of nitrogens with zero attached hydrogens (tertiary/aromatic N) is 1. The van der Waals surface area contributed by atoms with Gasteiger partial charge in [-0.1, -0.05) is 19.1 Å². The Balaban J connectivity index is 2.37. The summed E-state index contributed by atoms with van der Waals surface area (Å²) in [7, 11) is -3.75. The Hall–Kier alpha value is -1.73. The van der Waals surface area contributed by atoms with Crippen LogP contribution in [0.3, 0.4) is 0 Å². The Morgan fingerprint density at radius 1 is 1.16 bits per heavy atom. The summed E-state index contributed by atoms with van der Waals surface area (Å²) in [6, 6.07) is 6.35. The molecule has 0 fully saturated rings. The van der Waals surface area contributed by atoms with E-state index in [1.54, 1.807) is 19.1 Å². The smallest absolute Gasteiger partial charge is 0.266 e. The minimum absolute atomic E-state index is 0.193. The highest BCUT2D eigenvalue weighted by Crippen LogP contribution is 2.26. The number of benzene rings is 1. The highest BCUT2D eigenvalue weighted by atomic mass is 32.2. The number of hydrogen-bond acceptors (Lipinski definition) is 5. The standard InChI is InChI=1S/C12H13NO5S/c1-3-10(18-19(2,16)17)13-11(14)8-6-4-5-7-9(8)12(13)15/h4-7,10H,3H2,1-2H3. The minimum Gasteiger partial charge on any atom is -0.268 e. The van der Waals surface area contributed by atoms with Crippen LogP contribution in [0, 0.1) is 0 Å². The van der Waals surface area contributed by atoms with Crippen LogP contribution in [0.15, 0.2) is 24.3 Å². The van der Waals surface area contributed by atoms with Crippen molar-refractivity contribution in [2.45, 2.75) is 19.6 Å². The molecule has 0 spiro atoms. The van der Waals surface area contributed by atoms with Crippen LogP contribution in [0.1, 0.15) is 34.1 Å². The largest absolute Gasteiger partial charge is 0.268 e. The van der Waals surface area contributed by atoms with Gasteiger partial charge < -0.3 is 0 Å². The summed E-state index contributed by atoms with van der Waals surface area (Å²) in [6.45, 7) is 1.64. The van der Waals surface area contributed by atoms with Crippen LogP contribution in [0.25, 0.3) is 0 Å². The van der Waals surface area contributed by atoms with Gasteiger partial charge in [0.25, 0.3) is 21.9 Å². The van der Waals surface area contributed by atoms with Crippen LogP contribution in [0.4, 0.5) is 0 Å². The van der Waals surface area contributed by atoms with Gasteiger partial charge in [-0.2, -0.15) is 8.42 Å². The molecule has 0 saturated carbocycles. The molecule has 1 atom stereocenters. The van der Waals surface area contributed by atoms with Crippen LogP contribution in [0.2, 0.25) is 0 Å². The summed E-state index contributed by atoms with van der Waals surface area (Å²) in [5, 5.41) is 0. The first-order valence-corrected chi connectivity index (χ1v) is 7.52. The molecule has 0 radical (unpaired) electrons. The molecule has 0 saturated heterocycles. The normalized spacial score (nSPS) is 16.6. The van der Waals surface area contributed by atoms with E-state index in [0.717, 1.165) is 11.2 Å². The second-order valence-electron chi connectivity index (χ2n) is 4.19. The number of carbonyl (C=O) groups is 2. The van der Waals surface area contributed by atoms with Crippen molar-refractivity contribution in [1.29, 1.82) is 0 Å². The van der Waals surface area contributed by atoms with Crippen molar-refractivity contribution in [3.05, 3.63) is 35.4 Å². The van der Waals surface area contributed by atoms with Gasteiger partial charge in [-0.05, 0) is 18.6 Å². The maximum absolute atomic E-state index is 12.1. The lowest BCUT2D eigenvalue weighted by molar-refractivity contribution is 0.0254. The number of hydrogen-bond donors (Lipinski definition) is 0. The van der Waals surface area contributed by atoms with Gasteiger partial charge in [-0.15, -0.1) is 0 Å². The van der Waals surface area contributed by atoms with Crippen molar-refractivity contribution in [2.24, 2.45) is 0 Å². The van der Waals surface area contributed by atoms with Crippen LogP contribution in [-0.2, 0) is 14.3 Å². The van der Waals surface area contributed by atoms with Crippen molar-refractivity contribution >= 4 is 21.9 Å². The fourth-order valence-electron chi connectivity index (χ4n) is 1.96. The predicted octanol–water partition coefficient (Wildman–Crippen LogP) is 0.995. The molecule has 2 rings (SSSR count). The summed E-state index contributed by atoms with van der Waals surface area (Å²) in [6.07, 6.45) is -0.0331. The molecule has 0 bridgehead atoms. The average Bonchev–Trinajstić information content (AvgIpc) is 2.59. The topological polar surface area (TPSA) is 80.8 Å². The molecule has 1 heterocycles. The summed E-state index contributed by atoms with van der Waals surface area (Å²) < 4.78 is 27.1. The Bertz CT molecular complexity index is 602. The van der Waals surface area contributed by atoms with Gasteiger partial charge in [0.2, 0.25) is 0 Å². The van der Waals surface area contributed by atoms with Gasteiger partial charge in [0.15, 0.2) is 6.23 Å². The summed E-state index contributed by atoms with van der Waals surface area (Å²) in [4.78, 5) is 25.1. The molecule has 7 heteroatoms.